The van der Waals surface area contributed by atoms with Crippen molar-refractivity contribution in [1.29, 1.82) is 0 Å². The van der Waals surface area contributed by atoms with Crippen LogP contribution in [0.3, 0.4) is 0 Å². The summed E-state index contributed by atoms with van der Waals surface area (Å²) >= 11 is 0. The van der Waals surface area contributed by atoms with Crippen molar-refractivity contribution in [3.8, 4) is 0 Å². The fourth-order valence-electron chi connectivity index (χ4n) is 5.49. The molecule has 0 radical (unpaired) electrons. The van der Waals surface area contributed by atoms with Crippen molar-refractivity contribution in [3.05, 3.63) is 108 Å². The first-order chi connectivity index (χ1) is 20.1. The molecule has 2 fully saturated rings. The van der Waals surface area contributed by atoms with E-state index in [2.05, 4.69) is 0 Å². The smallest absolute Gasteiger partial charge is 0.338 e. The molecule has 2 heterocycles. The van der Waals surface area contributed by atoms with Crippen molar-refractivity contribution < 1.29 is 38.1 Å². The maximum atomic E-state index is 13.1. The molecular formula is C32H35NO8. The van der Waals surface area contributed by atoms with Crippen LogP contribution >= 0.6 is 0 Å². The minimum atomic E-state index is -1.19. The summed E-state index contributed by atoms with van der Waals surface area (Å²) < 4.78 is 29.3. The molecule has 0 aliphatic carbocycles. The summed E-state index contributed by atoms with van der Waals surface area (Å²) in [4.78, 5) is 32.1. The molecule has 0 bridgehead atoms. The molecule has 2 aliphatic heterocycles. The lowest BCUT2D eigenvalue weighted by molar-refractivity contribution is -0.208. The van der Waals surface area contributed by atoms with Crippen molar-refractivity contribution in [3.63, 3.8) is 0 Å². The van der Waals surface area contributed by atoms with E-state index in [1.807, 2.05) is 91.0 Å². The molecular weight excluding hydrogens is 526 g/mol. The van der Waals surface area contributed by atoms with E-state index < -0.39 is 48.3 Å². The van der Waals surface area contributed by atoms with Crippen LogP contribution in [0.25, 0.3) is 0 Å². The summed E-state index contributed by atoms with van der Waals surface area (Å²) in [5.74, 6) is -2.24. The number of esters is 2. The molecule has 6 atom stereocenters. The molecule has 0 N–H and O–H groups in total. The number of carbonyl (C=O) groups is 2. The number of methoxy groups -OCH3 is 2. The van der Waals surface area contributed by atoms with Gasteiger partial charge >= 0.3 is 11.9 Å². The topological polar surface area (TPSA) is 92.8 Å². The summed E-state index contributed by atoms with van der Waals surface area (Å²) in [6.07, 6.45) is -2.39. The van der Waals surface area contributed by atoms with Crippen LogP contribution in [0.1, 0.15) is 16.7 Å². The number of carbonyl (C=O) groups excluding carboxylic acids is 2. The lowest BCUT2D eigenvalue weighted by Gasteiger charge is -2.29. The Balaban J connectivity index is 1.46. The van der Waals surface area contributed by atoms with Crippen LogP contribution in [0.15, 0.2) is 91.0 Å². The molecule has 0 unspecified atom stereocenters. The summed E-state index contributed by atoms with van der Waals surface area (Å²) in [5, 5.41) is 1.64. The SMILES string of the molecule is COC(=O)[C@@H]1[C@H]2[C@H](OCc3ccccc3)[C@H](OCc3ccccc3)[C@@H](COCc3ccccc3)N2O[C@@H]1C(=O)OC. The summed E-state index contributed by atoms with van der Waals surface area (Å²) in [5.41, 5.74) is 2.97. The van der Waals surface area contributed by atoms with Crippen LogP contribution in [0.4, 0.5) is 0 Å². The number of ether oxygens (including phenoxy) is 5. The Morgan fingerprint density at radius 3 is 1.68 bits per heavy atom. The fraction of sp³-hybridized carbons (Fsp3) is 0.375. The highest BCUT2D eigenvalue weighted by atomic mass is 16.7. The minimum absolute atomic E-state index is 0.206. The zero-order valence-electron chi connectivity index (χ0n) is 23.2. The first-order valence-electron chi connectivity index (χ1n) is 13.6. The fourth-order valence-corrected chi connectivity index (χ4v) is 5.49. The first-order valence-corrected chi connectivity index (χ1v) is 13.6. The van der Waals surface area contributed by atoms with Gasteiger partial charge in [-0.05, 0) is 16.7 Å². The van der Waals surface area contributed by atoms with Crippen molar-refractivity contribution in [1.82, 2.24) is 5.06 Å². The van der Waals surface area contributed by atoms with Gasteiger partial charge in [0.05, 0.1) is 52.7 Å². The molecule has 2 saturated heterocycles. The lowest BCUT2D eigenvalue weighted by atomic mass is 9.90. The third-order valence-corrected chi connectivity index (χ3v) is 7.47. The molecule has 3 aromatic rings. The Morgan fingerprint density at radius 2 is 1.17 bits per heavy atom. The van der Waals surface area contributed by atoms with Crippen LogP contribution in [0, 0.1) is 5.92 Å². The van der Waals surface area contributed by atoms with Gasteiger partial charge in [-0.2, -0.15) is 5.06 Å². The van der Waals surface area contributed by atoms with E-state index in [9.17, 15) is 9.59 Å². The third kappa shape index (κ3) is 6.66. The van der Waals surface area contributed by atoms with Gasteiger partial charge in [-0.1, -0.05) is 91.0 Å². The highest BCUT2D eigenvalue weighted by Gasteiger charge is 2.64. The van der Waals surface area contributed by atoms with Crippen LogP contribution in [0.2, 0.25) is 0 Å². The molecule has 0 saturated carbocycles. The van der Waals surface area contributed by atoms with E-state index in [0.717, 1.165) is 16.7 Å². The molecule has 0 amide bonds. The predicted octanol–water partition coefficient (Wildman–Crippen LogP) is 3.70. The third-order valence-electron chi connectivity index (χ3n) is 7.47. The number of hydrogen-bond donors (Lipinski definition) is 0. The van der Waals surface area contributed by atoms with Crippen molar-refractivity contribution >= 4 is 11.9 Å². The van der Waals surface area contributed by atoms with Crippen LogP contribution in [-0.2, 0) is 57.9 Å². The molecule has 5 rings (SSSR count). The Labute approximate surface area is 239 Å². The second-order valence-corrected chi connectivity index (χ2v) is 10.0. The van der Waals surface area contributed by atoms with Gasteiger partial charge in [-0.15, -0.1) is 0 Å². The number of nitrogens with zero attached hydrogens (tertiary/aromatic N) is 1. The van der Waals surface area contributed by atoms with Gasteiger partial charge in [0, 0.05) is 0 Å². The van der Waals surface area contributed by atoms with Gasteiger partial charge in [0.1, 0.15) is 18.1 Å². The lowest BCUT2D eigenvalue weighted by Crippen LogP contribution is -2.47. The number of rotatable bonds is 12. The number of fused-ring (bicyclic) bond motifs is 1. The number of benzene rings is 3. The van der Waals surface area contributed by atoms with Gasteiger partial charge in [0.15, 0.2) is 6.10 Å². The van der Waals surface area contributed by atoms with E-state index in [0.29, 0.717) is 13.2 Å². The molecule has 2 aliphatic rings. The summed E-state index contributed by atoms with van der Waals surface area (Å²) in [6, 6.07) is 28.2. The molecule has 41 heavy (non-hydrogen) atoms. The Kier molecular flexibility index (Phi) is 9.76. The largest absolute Gasteiger partial charge is 0.469 e. The molecule has 0 spiro atoms. The zero-order chi connectivity index (χ0) is 28.6. The molecule has 9 heteroatoms. The van der Waals surface area contributed by atoms with Crippen molar-refractivity contribution in [2.45, 2.75) is 50.2 Å². The monoisotopic (exact) mass is 561 g/mol. The second-order valence-electron chi connectivity index (χ2n) is 10.0. The summed E-state index contributed by atoms with van der Waals surface area (Å²) in [7, 11) is 2.55. The normalized spacial score (nSPS) is 25.5. The van der Waals surface area contributed by atoms with Gasteiger partial charge in [0.2, 0.25) is 0 Å². The summed E-state index contributed by atoms with van der Waals surface area (Å²) in [6.45, 7) is 1.17. The van der Waals surface area contributed by atoms with Crippen LogP contribution in [0.5, 0.6) is 0 Å². The minimum Gasteiger partial charge on any atom is -0.469 e. The molecule has 9 nitrogen and oxygen atoms in total. The number of hydroxylamine groups is 2. The number of hydrogen-bond acceptors (Lipinski definition) is 9. The zero-order valence-corrected chi connectivity index (χ0v) is 23.2. The van der Waals surface area contributed by atoms with E-state index in [-0.39, 0.29) is 13.2 Å². The quantitative estimate of drug-likeness (QED) is 0.307. The second kappa shape index (κ2) is 13.8. The van der Waals surface area contributed by atoms with Crippen LogP contribution in [-0.4, -0.2) is 68.2 Å². The Morgan fingerprint density at radius 1 is 0.683 bits per heavy atom. The Bertz CT molecular complexity index is 1260. The van der Waals surface area contributed by atoms with Crippen molar-refractivity contribution in [2.24, 2.45) is 5.92 Å². The Hall–Kier alpha value is -3.60. The maximum absolute atomic E-state index is 13.1. The highest BCUT2D eigenvalue weighted by molar-refractivity contribution is 5.85. The van der Waals surface area contributed by atoms with Gasteiger partial charge in [-0.3, -0.25) is 9.63 Å². The average molecular weight is 562 g/mol. The van der Waals surface area contributed by atoms with Crippen LogP contribution < -0.4 is 0 Å². The highest BCUT2D eigenvalue weighted by Crippen LogP contribution is 2.43. The van der Waals surface area contributed by atoms with E-state index in [4.69, 9.17) is 28.5 Å². The average Bonchev–Trinajstić information content (AvgIpc) is 3.54. The van der Waals surface area contributed by atoms with E-state index in [1.54, 1.807) is 5.06 Å². The van der Waals surface area contributed by atoms with Gasteiger partial charge in [0.25, 0.3) is 0 Å². The molecule has 3 aromatic carbocycles. The van der Waals surface area contributed by atoms with Gasteiger partial charge < -0.3 is 23.7 Å². The predicted molar refractivity (Wildman–Crippen MR) is 148 cm³/mol. The van der Waals surface area contributed by atoms with Gasteiger partial charge in [-0.25, -0.2) is 4.79 Å². The van der Waals surface area contributed by atoms with E-state index in [1.165, 1.54) is 14.2 Å². The van der Waals surface area contributed by atoms with Crippen molar-refractivity contribution in [2.75, 3.05) is 20.8 Å². The first kappa shape index (κ1) is 28.9. The standard InChI is InChI=1S/C32H35NO8/c1-36-31(34)26-27-30(40-20-24-16-10-5-11-17-24)28(39-19-23-14-8-4-9-15-23)25(33(27)41-29(26)32(35)37-2)21-38-18-22-12-6-3-7-13-22/h3-17,25-30H,18-21H2,1-2H3/t25-,26-,27+,28-,29+,30+/m1/s1. The molecule has 216 valence electrons. The van der Waals surface area contributed by atoms with E-state index >= 15 is 0 Å². The molecule has 0 aromatic heterocycles. The maximum Gasteiger partial charge on any atom is 0.338 e.